The van der Waals surface area contributed by atoms with E-state index < -0.39 is 0 Å². The van der Waals surface area contributed by atoms with Crippen LogP contribution in [0.25, 0.3) is 0 Å². The van der Waals surface area contributed by atoms with Crippen molar-refractivity contribution in [2.75, 3.05) is 59.1 Å². The van der Waals surface area contributed by atoms with Crippen molar-refractivity contribution < 1.29 is 14.2 Å². The van der Waals surface area contributed by atoms with Crippen molar-refractivity contribution in [3.8, 4) is 0 Å². The highest BCUT2D eigenvalue weighted by Crippen LogP contribution is 2.07. The molecule has 1 unspecified atom stereocenters. The second-order valence-electron chi connectivity index (χ2n) is 4.17. The van der Waals surface area contributed by atoms with E-state index in [2.05, 4.69) is 12.2 Å². The van der Waals surface area contributed by atoms with Gasteiger partial charge < -0.3 is 19.5 Å². The topological polar surface area (TPSA) is 39.7 Å². The van der Waals surface area contributed by atoms with E-state index in [-0.39, 0.29) is 0 Å². The fourth-order valence-electron chi connectivity index (χ4n) is 1.52. The molecule has 0 saturated heterocycles. The van der Waals surface area contributed by atoms with Gasteiger partial charge in [0.2, 0.25) is 0 Å². The summed E-state index contributed by atoms with van der Waals surface area (Å²) >= 11 is 5.73. The number of rotatable bonds is 14. The SMILES string of the molecule is CCC(CCCl)CNCCOCCOCCOC. The lowest BCUT2D eigenvalue weighted by molar-refractivity contribution is 0.0255. The maximum Gasteiger partial charge on any atom is 0.0701 e. The van der Waals surface area contributed by atoms with Gasteiger partial charge >= 0.3 is 0 Å². The molecule has 0 spiro atoms. The zero-order chi connectivity index (χ0) is 13.5. The number of ether oxygens (including phenoxy) is 3. The molecule has 0 amide bonds. The van der Waals surface area contributed by atoms with Gasteiger partial charge in [0.15, 0.2) is 0 Å². The first-order valence-corrected chi connectivity index (χ1v) is 7.29. The second kappa shape index (κ2) is 15.2. The van der Waals surface area contributed by atoms with E-state index >= 15 is 0 Å². The highest BCUT2D eigenvalue weighted by atomic mass is 35.5. The smallest absolute Gasteiger partial charge is 0.0701 e. The van der Waals surface area contributed by atoms with E-state index in [1.165, 1.54) is 6.42 Å². The van der Waals surface area contributed by atoms with Crippen LogP contribution in [0.15, 0.2) is 0 Å². The number of nitrogens with one attached hydrogen (secondary N) is 1. The van der Waals surface area contributed by atoms with Gasteiger partial charge in [-0.05, 0) is 18.9 Å². The second-order valence-corrected chi connectivity index (χ2v) is 4.55. The summed E-state index contributed by atoms with van der Waals surface area (Å²) in [6, 6.07) is 0. The Hall–Kier alpha value is 0.130. The molecule has 0 heterocycles. The Balaban J connectivity index is 3.10. The van der Waals surface area contributed by atoms with Gasteiger partial charge in [0, 0.05) is 19.5 Å². The van der Waals surface area contributed by atoms with Crippen LogP contribution in [0, 0.1) is 5.92 Å². The Bertz CT molecular complexity index is 161. The van der Waals surface area contributed by atoms with Gasteiger partial charge in [-0.25, -0.2) is 0 Å². The van der Waals surface area contributed by atoms with E-state index in [9.17, 15) is 0 Å². The average Bonchev–Trinajstić information content (AvgIpc) is 2.39. The lowest BCUT2D eigenvalue weighted by Gasteiger charge is -2.14. The molecule has 0 radical (unpaired) electrons. The molecule has 0 aromatic rings. The van der Waals surface area contributed by atoms with Crippen LogP contribution in [-0.2, 0) is 14.2 Å². The molecule has 0 rings (SSSR count). The standard InChI is InChI=1S/C13H28ClNO3/c1-3-13(4-5-14)12-15-6-7-17-10-11-18-9-8-16-2/h13,15H,3-12H2,1-2H3. The molecule has 5 heteroatoms. The monoisotopic (exact) mass is 281 g/mol. The molecule has 1 N–H and O–H groups in total. The summed E-state index contributed by atoms with van der Waals surface area (Å²) in [6.07, 6.45) is 2.26. The molecule has 4 nitrogen and oxygen atoms in total. The molecule has 0 fully saturated rings. The van der Waals surface area contributed by atoms with Crippen molar-refractivity contribution in [1.82, 2.24) is 5.32 Å². The van der Waals surface area contributed by atoms with Gasteiger partial charge in [0.25, 0.3) is 0 Å². The van der Waals surface area contributed by atoms with Crippen LogP contribution in [-0.4, -0.2) is 59.1 Å². The normalized spacial score (nSPS) is 12.8. The van der Waals surface area contributed by atoms with Crippen LogP contribution in [0.2, 0.25) is 0 Å². The minimum absolute atomic E-state index is 0.632. The zero-order valence-electron chi connectivity index (χ0n) is 11.8. The molecular weight excluding hydrogens is 254 g/mol. The zero-order valence-corrected chi connectivity index (χ0v) is 12.5. The van der Waals surface area contributed by atoms with Gasteiger partial charge in [-0.2, -0.15) is 0 Å². The van der Waals surface area contributed by atoms with Crippen molar-refractivity contribution >= 4 is 11.6 Å². The van der Waals surface area contributed by atoms with Gasteiger partial charge in [-0.15, -0.1) is 11.6 Å². The summed E-state index contributed by atoms with van der Waals surface area (Å²) in [5.41, 5.74) is 0. The Morgan fingerprint density at radius 2 is 1.72 bits per heavy atom. The summed E-state index contributed by atoms with van der Waals surface area (Å²) in [6.45, 7) is 7.39. The first kappa shape index (κ1) is 18.1. The third-order valence-electron chi connectivity index (χ3n) is 2.75. The maximum atomic E-state index is 5.73. The van der Waals surface area contributed by atoms with Crippen molar-refractivity contribution in [3.63, 3.8) is 0 Å². The van der Waals surface area contributed by atoms with Gasteiger partial charge in [-0.3, -0.25) is 0 Å². The summed E-state index contributed by atoms with van der Waals surface area (Å²) in [5.74, 6) is 1.43. The molecule has 0 aromatic heterocycles. The Morgan fingerprint density at radius 3 is 2.33 bits per heavy atom. The molecule has 0 saturated carbocycles. The van der Waals surface area contributed by atoms with Crippen molar-refractivity contribution in [2.24, 2.45) is 5.92 Å². The Labute approximate surface area is 116 Å². The quantitative estimate of drug-likeness (QED) is 0.390. The number of halogens is 1. The fraction of sp³-hybridized carbons (Fsp3) is 1.00. The first-order chi connectivity index (χ1) is 8.85. The lowest BCUT2D eigenvalue weighted by atomic mass is 10.0. The molecule has 0 aliphatic rings. The largest absolute Gasteiger partial charge is 0.382 e. The number of hydrogen-bond donors (Lipinski definition) is 1. The summed E-state index contributed by atoms with van der Waals surface area (Å²) in [7, 11) is 1.67. The predicted molar refractivity (Wildman–Crippen MR) is 75.5 cm³/mol. The molecule has 0 bridgehead atoms. The maximum absolute atomic E-state index is 5.73. The Kier molecular flexibility index (Phi) is 15.3. The molecule has 1 atom stereocenters. The van der Waals surface area contributed by atoms with E-state index in [4.69, 9.17) is 25.8 Å². The van der Waals surface area contributed by atoms with Crippen molar-refractivity contribution in [2.45, 2.75) is 19.8 Å². The van der Waals surface area contributed by atoms with Gasteiger partial charge in [-0.1, -0.05) is 13.3 Å². The van der Waals surface area contributed by atoms with E-state index in [1.54, 1.807) is 7.11 Å². The minimum Gasteiger partial charge on any atom is -0.382 e. The van der Waals surface area contributed by atoms with Crippen molar-refractivity contribution in [1.29, 1.82) is 0 Å². The van der Waals surface area contributed by atoms with Crippen LogP contribution in [0.4, 0.5) is 0 Å². The van der Waals surface area contributed by atoms with Gasteiger partial charge in [0.1, 0.15) is 0 Å². The molecule has 18 heavy (non-hydrogen) atoms. The molecule has 0 aliphatic carbocycles. The van der Waals surface area contributed by atoms with Crippen molar-refractivity contribution in [3.05, 3.63) is 0 Å². The number of methoxy groups -OCH3 is 1. The first-order valence-electron chi connectivity index (χ1n) is 6.76. The predicted octanol–water partition coefficient (Wildman–Crippen LogP) is 1.91. The van der Waals surface area contributed by atoms with Crippen LogP contribution >= 0.6 is 11.6 Å². The molecule has 0 aromatic carbocycles. The van der Waals surface area contributed by atoms with Crippen LogP contribution in [0.5, 0.6) is 0 Å². The molecule has 110 valence electrons. The number of alkyl halides is 1. The van der Waals surface area contributed by atoms with Crippen LogP contribution in [0.3, 0.4) is 0 Å². The number of hydrogen-bond acceptors (Lipinski definition) is 4. The van der Waals surface area contributed by atoms with E-state index in [0.717, 1.165) is 32.0 Å². The summed E-state index contributed by atoms with van der Waals surface area (Å²) < 4.78 is 15.6. The third kappa shape index (κ3) is 12.6. The molecular formula is C13H28ClNO3. The van der Waals surface area contributed by atoms with Crippen LogP contribution < -0.4 is 5.32 Å². The summed E-state index contributed by atoms with van der Waals surface area (Å²) in [5, 5.41) is 3.39. The Morgan fingerprint density at radius 1 is 1.06 bits per heavy atom. The summed E-state index contributed by atoms with van der Waals surface area (Å²) in [4.78, 5) is 0. The lowest BCUT2D eigenvalue weighted by Crippen LogP contribution is -2.26. The van der Waals surface area contributed by atoms with Gasteiger partial charge in [0.05, 0.1) is 33.0 Å². The van der Waals surface area contributed by atoms with Crippen LogP contribution in [0.1, 0.15) is 19.8 Å². The molecule has 0 aliphatic heterocycles. The third-order valence-corrected chi connectivity index (χ3v) is 2.97. The van der Waals surface area contributed by atoms with E-state index in [1.807, 2.05) is 0 Å². The van der Waals surface area contributed by atoms with E-state index in [0.29, 0.717) is 32.3 Å². The average molecular weight is 282 g/mol. The fourth-order valence-corrected chi connectivity index (χ4v) is 1.83. The highest BCUT2D eigenvalue weighted by molar-refractivity contribution is 6.17. The highest BCUT2D eigenvalue weighted by Gasteiger charge is 2.03. The minimum atomic E-state index is 0.632.